The van der Waals surface area contributed by atoms with E-state index in [9.17, 15) is 14.0 Å². The average Bonchev–Trinajstić information content (AvgIpc) is 2.68. The van der Waals surface area contributed by atoms with Crippen molar-refractivity contribution in [3.63, 3.8) is 0 Å². The largest absolute Gasteiger partial charge is 0.323 e. The molecule has 0 aromatic heterocycles. The van der Waals surface area contributed by atoms with Gasteiger partial charge in [0.2, 0.25) is 5.91 Å². The molecule has 0 radical (unpaired) electrons. The van der Waals surface area contributed by atoms with E-state index >= 15 is 0 Å². The molecule has 3 rings (SSSR count). The fraction of sp³-hybridized carbons (Fsp3) is 0.0476. The van der Waals surface area contributed by atoms with E-state index in [0.29, 0.717) is 16.3 Å². The van der Waals surface area contributed by atoms with Gasteiger partial charge in [0.25, 0.3) is 5.91 Å². The third-order valence-electron chi connectivity index (χ3n) is 3.79. The highest BCUT2D eigenvalue weighted by Gasteiger charge is 2.12. The summed E-state index contributed by atoms with van der Waals surface area (Å²) in [5.74, 6) is -1.10. The Labute approximate surface area is 181 Å². The summed E-state index contributed by atoms with van der Waals surface area (Å²) in [7, 11) is 0. The quantitative estimate of drug-likeness (QED) is 0.446. The molecule has 0 spiro atoms. The van der Waals surface area contributed by atoms with Crippen molar-refractivity contribution in [2.75, 3.05) is 16.4 Å². The Hall–Kier alpha value is -2.54. The van der Waals surface area contributed by atoms with Gasteiger partial charge in [0.15, 0.2) is 0 Å². The molecule has 0 aliphatic heterocycles. The number of carbonyl (C=O) groups is 2. The predicted molar refractivity (Wildman–Crippen MR) is 117 cm³/mol. The zero-order chi connectivity index (χ0) is 20.8. The van der Waals surface area contributed by atoms with E-state index in [-0.39, 0.29) is 28.3 Å². The Morgan fingerprint density at radius 3 is 2.48 bits per heavy atom. The lowest BCUT2D eigenvalue weighted by molar-refractivity contribution is -0.113. The highest BCUT2D eigenvalue weighted by atomic mass is 35.5. The van der Waals surface area contributed by atoms with Crippen LogP contribution in [0.4, 0.5) is 15.8 Å². The SMILES string of the molecule is O=C(CSc1cccc(NC(=O)c2ccc(Cl)cc2Cl)c1)Nc1ccccc1F. The number of amides is 2. The number of benzene rings is 3. The Kier molecular flexibility index (Phi) is 7.14. The molecule has 0 aliphatic carbocycles. The van der Waals surface area contributed by atoms with Crippen LogP contribution in [0.1, 0.15) is 10.4 Å². The molecule has 0 bridgehead atoms. The summed E-state index contributed by atoms with van der Waals surface area (Å²) in [5.41, 5.74) is 0.998. The maximum Gasteiger partial charge on any atom is 0.257 e. The summed E-state index contributed by atoms with van der Waals surface area (Å²) < 4.78 is 13.6. The molecule has 0 aliphatic rings. The van der Waals surface area contributed by atoms with Gasteiger partial charge in [-0.3, -0.25) is 9.59 Å². The van der Waals surface area contributed by atoms with Crippen molar-refractivity contribution in [3.05, 3.63) is 88.2 Å². The van der Waals surface area contributed by atoms with E-state index in [0.717, 1.165) is 4.90 Å². The molecule has 0 saturated heterocycles. The molecule has 8 heteroatoms. The monoisotopic (exact) mass is 448 g/mol. The van der Waals surface area contributed by atoms with Crippen LogP contribution in [-0.2, 0) is 4.79 Å². The Bertz CT molecular complexity index is 1060. The average molecular weight is 449 g/mol. The Morgan fingerprint density at radius 2 is 1.72 bits per heavy atom. The van der Waals surface area contributed by atoms with Gasteiger partial charge in [-0.2, -0.15) is 0 Å². The smallest absolute Gasteiger partial charge is 0.257 e. The minimum atomic E-state index is -0.489. The first-order valence-corrected chi connectivity index (χ1v) is 10.2. The number of carbonyl (C=O) groups excluding carboxylic acids is 2. The van der Waals surface area contributed by atoms with Gasteiger partial charge < -0.3 is 10.6 Å². The van der Waals surface area contributed by atoms with E-state index in [2.05, 4.69) is 10.6 Å². The first-order valence-electron chi connectivity index (χ1n) is 8.46. The van der Waals surface area contributed by atoms with Crippen LogP contribution in [0.2, 0.25) is 10.0 Å². The van der Waals surface area contributed by atoms with Crippen molar-refractivity contribution < 1.29 is 14.0 Å². The molecule has 4 nitrogen and oxygen atoms in total. The normalized spacial score (nSPS) is 10.4. The van der Waals surface area contributed by atoms with Gasteiger partial charge in [-0.1, -0.05) is 41.4 Å². The number of hydrogen-bond donors (Lipinski definition) is 2. The topological polar surface area (TPSA) is 58.2 Å². The molecule has 0 heterocycles. The summed E-state index contributed by atoms with van der Waals surface area (Å²) in [6.07, 6.45) is 0. The molecule has 3 aromatic carbocycles. The van der Waals surface area contributed by atoms with Gasteiger partial charge in [0, 0.05) is 15.6 Å². The van der Waals surface area contributed by atoms with E-state index in [4.69, 9.17) is 23.2 Å². The lowest BCUT2D eigenvalue weighted by Gasteiger charge is -2.09. The summed E-state index contributed by atoms with van der Waals surface area (Å²) in [6.45, 7) is 0. The maximum atomic E-state index is 13.6. The maximum absolute atomic E-state index is 13.6. The van der Waals surface area contributed by atoms with Gasteiger partial charge in [-0.05, 0) is 48.5 Å². The molecular formula is C21H15Cl2FN2O2S. The summed E-state index contributed by atoms with van der Waals surface area (Å²) in [4.78, 5) is 25.2. The van der Waals surface area contributed by atoms with E-state index in [1.165, 1.54) is 30.0 Å². The third kappa shape index (κ3) is 5.97. The minimum Gasteiger partial charge on any atom is -0.323 e. The Morgan fingerprint density at radius 1 is 0.931 bits per heavy atom. The highest BCUT2D eigenvalue weighted by molar-refractivity contribution is 8.00. The first kappa shape index (κ1) is 21.2. The van der Waals surface area contributed by atoms with Crippen molar-refractivity contribution in [2.45, 2.75) is 4.90 Å². The van der Waals surface area contributed by atoms with Crippen LogP contribution < -0.4 is 10.6 Å². The standard InChI is InChI=1S/C21H15Cl2FN2O2S/c22-13-8-9-16(17(23)10-13)21(28)25-14-4-3-5-15(11-14)29-12-20(27)26-19-7-2-1-6-18(19)24/h1-11H,12H2,(H,25,28)(H,26,27). The van der Waals surface area contributed by atoms with E-state index in [1.807, 2.05) is 6.07 Å². The van der Waals surface area contributed by atoms with Crippen LogP contribution >= 0.6 is 35.0 Å². The zero-order valence-electron chi connectivity index (χ0n) is 14.9. The fourth-order valence-corrected chi connectivity index (χ4v) is 3.68. The van der Waals surface area contributed by atoms with Crippen LogP contribution in [0.15, 0.2) is 71.6 Å². The molecule has 3 aromatic rings. The Balaban J connectivity index is 1.60. The molecule has 2 amide bonds. The lowest BCUT2D eigenvalue weighted by atomic mass is 10.2. The number of hydrogen-bond acceptors (Lipinski definition) is 3. The number of rotatable bonds is 6. The third-order valence-corrected chi connectivity index (χ3v) is 5.33. The second-order valence-electron chi connectivity index (χ2n) is 5.92. The van der Waals surface area contributed by atoms with Crippen molar-refractivity contribution in [1.29, 1.82) is 0 Å². The molecule has 2 N–H and O–H groups in total. The van der Waals surface area contributed by atoms with Crippen LogP contribution in [0.25, 0.3) is 0 Å². The highest BCUT2D eigenvalue weighted by Crippen LogP contribution is 2.25. The van der Waals surface area contributed by atoms with Crippen molar-refractivity contribution >= 4 is 58.2 Å². The van der Waals surface area contributed by atoms with Crippen LogP contribution in [0.3, 0.4) is 0 Å². The molecular weight excluding hydrogens is 434 g/mol. The first-order chi connectivity index (χ1) is 13.9. The van der Waals surface area contributed by atoms with Gasteiger partial charge in [-0.25, -0.2) is 4.39 Å². The second kappa shape index (κ2) is 9.78. The van der Waals surface area contributed by atoms with Crippen molar-refractivity contribution in [3.8, 4) is 0 Å². The van der Waals surface area contributed by atoms with Crippen molar-refractivity contribution in [1.82, 2.24) is 0 Å². The summed E-state index contributed by atoms with van der Waals surface area (Å²) in [5, 5.41) is 5.99. The van der Waals surface area contributed by atoms with Gasteiger partial charge >= 0.3 is 0 Å². The van der Waals surface area contributed by atoms with E-state index < -0.39 is 5.82 Å². The molecule has 0 atom stereocenters. The molecule has 29 heavy (non-hydrogen) atoms. The predicted octanol–water partition coefficient (Wildman–Crippen LogP) is 6.12. The number of thioether (sulfide) groups is 1. The van der Waals surface area contributed by atoms with Gasteiger partial charge in [0.05, 0.1) is 22.0 Å². The number of halogens is 3. The van der Waals surface area contributed by atoms with E-state index in [1.54, 1.807) is 42.5 Å². The molecule has 0 saturated carbocycles. The lowest BCUT2D eigenvalue weighted by Crippen LogP contribution is -2.15. The van der Waals surface area contributed by atoms with Crippen LogP contribution in [0.5, 0.6) is 0 Å². The zero-order valence-corrected chi connectivity index (χ0v) is 17.2. The number of anilines is 2. The number of para-hydroxylation sites is 1. The van der Waals surface area contributed by atoms with Gasteiger partial charge in [-0.15, -0.1) is 11.8 Å². The number of nitrogens with one attached hydrogen (secondary N) is 2. The molecule has 0 fully saturated rings. The fourth-order valence-electron chi connectivity index (χ4n) is 2.43. The van der Waals surface area contributed by atoms with Crippen LogP contribution in [0, 0.1) is 5.82 Å². The summed E-state index contributed by atoms with van der Waals surface area (Å²) in [6, 6.07) is 17.6. The van der Waals surface area contributed by atoms with Crippen molar-refractivity contribution in [2.24, 2.45) is 0 Å². The molecule has 0 unspecified atom stereocenters. The minimum absolute atomic E-state index is 0.0920. The van der Waals surface area contributed by atoms with Crippen LogP contribution in [-0.4, -0.2) is 17.6 Å². The summed E-state index contributed by atoms with van der Waals surface area (Å²) >= 11 is 13.2. The molecule has 148 valence electrons. The van der Waals surface area contributed by atoms with Gasteiger partial charge in [0.1, 0.15) is 5.82 Å². The second-order valence-corrected chi connectivity index (χ2v) is 7.82.